The normalized spacial score (nSPS) is 10.1. The highest BCUT2D eigenvalue weighted by atomic mass is 19.3. The molecule has 7 nitrogen and oxygen atoms in total. The van der Waals surface area contributed by atoms with Gasteiger partial charge in [0.05, 0.1) is 24.1 Å². The van der Waals surface area contributed by atoms with Gasteiger partial charge in [-0.05, 0) is 0 Å². The number of hydrogen-bond acceptors (Lipinski definition) is 6. The standard InChI is InChI=1S/C10H7F2N3O4/c1-19-9(16)3-6-5(10(11)12)2-8(15(17)18)7(4-13)14-6/h2,10H,3H2,1H3. The van der Waals surface area contributed by atoms with Gasteiger partial charge in [0.25, 0.3) is 6.43 Å². The van der Waals surface area contributed by atoms with Crippen LogP contribution in [-0.2, 0) is 16.0 Å². The van der Waals surface area contributed by atoms with Crippen LogP contribution in [0.1, 0.15) is 23.4 Å². The maximum absolute atomic E-state index is 12.8. The summed E-state index contributed by atoms with van der Waals surface area (Å²) in [7, 11) is 1.06. The molecule has 0 spiro atoms. The van der Waals surface area contributed by atoms with Crippen molar-refractivity contribution < 1.29 is 23.2 Å². The topological polar surface area (TPSA) is 106 Å². The van der Waals surface area contributed by atoms with Crippen molar-refractivity contribution >= 4 is 11.7 Å². The second-order valence-electron chi connectivity index (χ2n) is 3.31. The van der Waals surface area contributed by atoms with Crippen molar-refractivity contribution in [1.29, 1.82) is 5.26 Å². The molecule has 9 heteroatoms. The average molecular weight is 271 g/mol. The van der Waals surface area contributed by atoms with Crippen molar-refractivity contribution in [2.75, 3.05) is 7.11 Å². The van der Waals surface area contributed by atoms with Crippen molar-refractivity contribution in [3.63, 3.8) is 0 Å². The van der Waals surface area contributed by atoms with Crippen molar-refractivity contribution in [3.8, 4) is 6.07 Å². The summed E-state index contributed by atoms with van der Waals surface area (Å²) in [5.74, 6) is -0.841. The Labute approximate surface area is 105 Å². The molecule has 0 amide bonds. The first-order chi connectivity index (χ1) is 8.90. The van der Waals surface area contributed by atoms with Gasteiger partial charge in [-0.15, -0.1) is 0 Å². The zero-order valence-corrected chi connectivity index (χ0v) is 9.59. The van der Waals surface area contributed by atoms with Crippen LogP contribution in [0, 0.1) is 21.4 Å². The molecule has 1 aromatic rings. The maximum Gasteiger partial charge on any atom is 0.311 e. The summed E-state index contributed by atoms with van der Waals surface area (Å²) in [4.78, 5) is 24.1. The first kappa shape index (κ1) is 14.4. The predicted molar refractivity (Wildman–Crippen MR) is 56.3 cm³/mol. The minimum Gasteiger partial charge on any atom is -0.469 e. The summed E-state index contributed by atoms with van der Waals surface area (Å²) in [5.41, 5.74) is -2.64. The number of carbonyl (C=O) groups is 1. The molecule has 19 heavy (non-hydrogen) atoms. The number of hydrogen-bond donors (Lipinski definition) is 0. The molecule has 0 bridgehead atoms. The molecule has 0 atom stereocenters. The number of esters is 1. The van der Waals surface area contributed by atoms with Crippen LogP contribution in [-0.4, -0.2) is 23.0 Å². The number of pyridine rings is 1. The van der Waals surface area contributed by atoms with E-state index < -0.39 is 46.4 Å². The molecule has 0 unspecified atom stereocenters. The number of nitriles is 1. The summed E-state index contributed by atoms with van der Waals surface area (Å²) in [5, 5.41) is 19.3. The highest BCUT2D eigenvalue weighted by Gasteiger charge is 2.25. The zero-order chi connectivity index (χ0) is 14.6. The van der Waals surface area contributed by atoms with Gasteiger partial charge in [0.15, 0.2) is 0 Å². The molecule has 100 valence electrons. The number of aromatic nitrogens is 1. The molecule has 1 heterocycles. The number of nitro groups is 1. The molecule has 1 aromatic heterocycles. The number of methoxy groups -OCH3 is 1. The third-order valence-electron chi connectivity index (χ3n) is 2.19. The van der Waals surface area contributed by atoms with Gasteiger partial charge in [0.2, 0.25) is 5.69 Å². The van der Waals surface area contributed by atoms with E-state index in [1.807, 2.05) is 0 Å². The monoisotopic (exact) mass is 271 g/mol. The quantitative estimate of drug-likeness (QED) is 0.466. The minimum atomic E-state index is -3.06. The van der Waals surface area contributed by atoms with Crippen LogP contribution in [0.5, 0.6) is 0 Å². The molecule has 0 N–H and O–H groups in total. The highest BCUT2D eigenvalue weighted by Crippen LogP contribution is 2.28. The van der Waals surface area contributed by atoms with Gasteiger partial charge in [-0.2, -0.15) is 5.26 Å². The summed E-state index contributed by atoms with van der Waals surface area (Å²) < 4.78 is 29.8. The van der Waals surface area contributed by atoms with Gasteiger partial charge in [0, 0.05) is 11.6 Å². The molecule has 0 radical (unpaired) electrons. The van der Waals surface area contributed by atoms with Crippen LogP contribution in [0.15, 0.2) is 6.07 Å². The third-order valence-corrected chi connectivity index (χ3v) is 2.19. The lowest BCUT2D eigenvalue weighted by atomic mass is 10.1. The minimum absolute atomic E-state index is 0.413. The van der Waals surface area contributed by atoms with E-state index in [1.165, 1.54) is 6.07 Å². The van der Waals surface area contributed by atoms with Gasteiger partial charge in [0.1, 0.15) is 6.07 Å². The highest BCUT2D eigenvalue weighted by molar-refractivity contribution is 5.72. The van der Waals surface area contributed by atoms with Gasteiger partial charge < -0.3 is 4.74 Å². The Morgan fingerprint density at radius 1 is 1.68 bits per heavy atom. The largest absolute Gasteiger partial charge is 0.469 e. The van der Waals surface area contributed by atoms with Crippen molar-refractivity contribution in [3.05, 3.63) is 33.1 Å². The van der Waals surface area contributed by atoms with Crippen LogP contribution in [0.2, 0.25) is 0 Å². The van der Waals surface area contributed by atoms with Crippen molar-refractivity contribution in [1.82, 2.24) is 4.98 Å². The van der Waals surface area contributed by atoms with Crippen LogP contribution in [0.3, 0.4) is 0 Å². The van der Waals surface area contributed by atoms with Crippen LogP contribution < -0.4 is 0 Å². The Bertz CT molecular complexity index is 569. The van der Waals surface area contributed by atoms with E-state index in [9.17, 15) is 23.7 Å². The summed E-state index contributed by atoms with van der Waals surface area (Å²) in [6.07, 6.45) is -3.65. The summed E-state index contributed by atoms with van der Waals surface area (Å²) in [6.45, 7) is 0. The van der Waals surface area contributed by atoms with Crippen molar-refractivity contribution in [2.24, 2.45) is 0 Å². The molecule has 1 rings (SSSR count). The second kappa shape index (κ2) is 5.81. The van der Waals surface area contributed by atoms with Gasteiger partial charge in [-0.1, -0.05) is 0 Å². The molecule has 0 saturated heterocycles. The maximum atomic E-state index is 12.8. The predicted octanol–water partition coefficient (Wildman–Crippen LogP) is 1.51. The fourth-order valence-corrected chi connectivity index (χ4v) is 1.32. The number of carbonyl (C=O) groups excluding carboxylic acids is 1. The van der Waals surface area contributed by atoms with Gasteiger partial charge >= 0.3 is 11.7 Å². The number of rotatable bonds is 4. The molecule has 0 aliphatic carbocycles. The van der Waals surface area contributed by atoms with Gasteiger partial charge in [-0.25, -0.2) is 13.8 Å². The first-order valence-electron chi connectivity index (χ1n) is 4.84. The molecule has 0 aliphatic rings. The summed E-state index contributed by atoms with van der Waals surface area (Å²) in [6, 6.07) is 1.98. The molecular formula is C10H7F2N3O4. The van der Waals surface area contributed by atoms with Crippen LogP contribution >= 0.6 is 0 Å². The smallest absolute Gasteiger partial charge is 0.311 e. The lowest BCUT2D eigenvalue weighted by Crippen LogP contribution is -2.11. The van der Waals surface area contributed by atoms with Crippen molar-refractivity contribution in [2.45, 2.75) is 12.8 Å². The van der Waals surface area contributed by atoms with Crippen LogP contribution in [0.4, 0.5) is 14.5 Å². The fraction of sp³-hybridized carbons (Fsp3) is 0.300. The van der Waals surface area contributed by atoms with E-state index in [0.29, 0.717) is 6.07 Å². The Balaban J connectivity index is 3.41. The Morgan fingerprint density at radius 3 is 2.74 bits per heavy atom. The van der Waals surface area contributed by atoms with E-state index in [-0.39, 0.29) is 0 Å². The molecule has 0 aliphatic heterocycles. The Hall–Kier alpha value is -2.63. The molecule has 0 saturated carbocycles. The fourth-order valence-electron chi connectivity index (χ4n) is 1.32. The van der Waals surface area contributed by atoms with E-state index >= 15 is 0 Å². The summed E-state index contributed by atoms with van der Waals surface area (Å²) >= 11 is 0. The molecular weight excluding hydrogens is 264 g/mol. The lowest BCUT2D eigenvalue weighted by Gasteiger charge is -2.07. The van der Waals surface area contributed by atoms with E-state index in [0.717, 1.165) is 7.11 Å². The van der Waals surface area contributed by atoms with E-state index in [4.69, 9.17) is 5.26 Å². The third kappa shape index (κ3) is 3.19. The average Bonchev–Trinajstić information content (AvgIpc) is 2.37. The SMILES string of the molecule is COC(=O)Cc1nc(C#N)c([N+](=O)[O-])cc1C(F)F. The second-order valence-corrected chi connectivity index (χ2v) is 3.31. The number of alkyl halides is 2. The Kier molecular flexibility index (Phi) is 4.41. The number of ether oxygens (including phenoxy) is 1. The first-order valence-corrected chi connectivity index (χ1v) is 4.84. The zero-order valence-electron chi connectivity index (χ0n) is 9.59. The van der Waals surface area contributed by atoms with E-state index in [2.05, 4.69) is 9.72 Å². The van der Waals surface area contributed by atoms with E-state index in [1.54, 1.807) is 0 Å². The molecule has 0 fully saturated rings. The number of halogens is 2. The van der Waals surface area contributed by atoms with Gasteiger partial charge in [-0.3, -0.25) is 14.9 Å². The molecule has 0 aromatic carbocycles. The Morgan fingerprint density at radius 2 is 2.32 bits per heavy atom. The lowest BCUT2D eigenvalue weighted by molar-refractivity contribution is -0.385. The number of nitrogens with zero attached hydrogens (tertiary/aromatic N) is 3. The van der Waals surface area contributed by atoms with Crippen LogP contribution in [0.25, 0.3) is 0 Å².